The molecule has 0 saturated carbocycles. The summed E-state index contributed by atoms with van der Waals surface area (Å²) in [7, 11) is 1.57. The molecule has 1 N–H and O–H groups in total. The van der Waals surface area contributed by atoms with E-state index < -0.39 is 0 Å². The third-order valence-electron chi connectivity index (χ3n) is 4.49. The van der Waals surface area contributed by atoms with Gasteiger partial charge in [0.25, 0.3) is 5.91 Å². The number of carbonyl (C=O) groups is 1. The Labute approximate surface area is 168 Å². The molecule has 0 aliphatic rings. The van der Waals surface area contributed by atoms with Crippen molar-refractivity contribution in [3.05, 3.63) is 58.0 Å². The molecule has 0 aliphatic carbocycles. The first kappa shape index (κ1) is 19.5. The van der Waals surface area contributed by atoms with Crippen LogP contribution in [-0.2, 0) is 0 Å². The van der Waals surface area contributed by atoms with Gasteiger partial charge >= 0.3 is 0 Å². The van der Waals surface area contributed by atoms with Crippen molar-refractivity contribution < 1.29 is 9.53 Å². The molecule has 0 saturated heterocycles. The summed E-state index contributed by atoms with van der Waals surface area (Å²) in [5.41, 5.74) is 6.14. The van der Waals surface area contributed by atoms with Gasteiger partial charge < -0.3 is 4.74 Å². The maximum Gasteiger partial charge on any atom is 0.261 e. The molecule has 0 atom stereocenters. The minimum absolute atomic E-state index is 0.225. The smallest absolute Gasteiger partial charge is 0.261 e. The minimum atomic E-state index is -0.225. The van der Waals surface area contributed by atoms with Crippen LogP contribution >= 0.6 is 23.1 Å². The van der Waals surface area contributed by atoms with Gasteiger partial charge in [-0.25, -0.2) is 4.98 Å². The van der Waals surface area contributed by atoms with Crippen LogP contribution in [0.5, 0.6) is 5.75 Å². The van der Waals surface area contributed by atoms with Crippen molar-refractivity contribution in [3.8, 4) is 17.0 Å². The van der Waals surface area contributed by atoms with Crippen LogP contribution in [0.4, 0.5) is 5.13 Å². The Bertz CT molecular complexity index is 996. The molecule has 140 valence electrons. The Morgan fingerprint density at radius 2 is 1.85 bits per heavy atom. The number of anilines is 1. The number of hydrogen-bond donors (Lipinski definition) is 1. The summed E-state index contributed by atoms with van der Waals surface area (Å²) in [5.74, 6) is 0.332. The molecule has 1 heterocycles. The van der Waals surface area contributed by atoms with Crippen LogP contribution in [0.3, 0.4) is 0 Å². The number of nitrogens with one attached hydrogen (secondary N) is 1. The summed E-state index contributed by atoms with van der Waals surface area (Å²) in [6, 6.07) is 9.87. The number of amides is 1. The summed E-state index contributed by atoms with van der Waals surface area (Å²) < 4.78 is 5.37. The minimum Gasteiger partial charge on any atom is -0.496 e. The van der Waals surface area contributed by atoms with Crippen molar-refractivity contribution in [3.63, 3.8) is 0 Å². The van der Waals surface area contributed by atoms with Gasteiger partial charge in [0.1, 0.15) is 5.75 Å². The van der Waals surface area contributed by atoms with E-state index in [-0.39, 0.29) is 5.91 Å². The fourth-order valence-corrected chi connectivity index (χ4v) is 3.98. The maximum absolute atomic E-state index is 12.7. The largest absolute Gasteiger partial charge is 0.496 e. The zero-order valence-corrected chi connectivity index (χ0v) is 17.7. The Kier molecular flexibility index (Phi) is 5.87. The molecule has 0 spiro atoms. The van der Waals surface area contributed by atoms with E-state index in [2.05, 4.69) is 43.2 Å². The number of aryl methyl sites for hydroxylation is 3. The van der Waals surface area contributed by atoms with Gasteiger partial charge in [0, 0.05) is 15.8 Å². The maximum atomic E-state index is 12.7. The molecule has 3 rings (SSSR count). The lowest BCUT2D eigenvalue weighted by molar-refractivity contribution is 0.102. The van der Waals surface area contributed by atoms with Gasteiger partial charge in [0.15, 0.2) is 5.13 Å². The van der Waals surface area contributed by atoms with Gasteiger partial charge in [-0.2, -0.15) is 0 Å². The standard InChI is InChI=1S/C21H22N2O2S2/c1-12-8-14(3)17(9-13(12)2)18-11-27-21(22-18)23-20(24)16-7-6-15(26-5)10-19(16)25-4/h6-11H,1-5H3,(H,22,23,24). The zero-order valence-electron chi connectivity index (χ0n) is 16.0. The van der Waals surface area contributed by atoms with Crippen molar-refractivity contribution in [2.45, 2.75) is 25.7 Å². The molecule has 2 aromatic carbocycles. The van der Waals surface area contributed by atoms with Gasteiger partial charge in [-0.05, 0) is 68.0 Å². The summed E-state index contributed by atoms with van der Waals surface area (Å²) in [4.78, 5) is 18.3. The van der Waals surface area contributed by atoms with Crippen LogP contribution in [0.25, 0.3) is 11.3 Å². The number of ether oxygens (including phenoxy) is 1. The molecule has 1 amide bonds. The molecule has 0 fully saturated rings. The van der Waals surface area contributed by atoms with E-state index in [0.29, 0.717) is 16.4 Å². The first-order valence-corrected chi connectivity index (χ1v) is 10.6. The van der Waals surface area contributed by atoms with Crippen LogP contribution < -0.4 is 10.1 Å². The van der Waals surface area contributed by atoms with E-state index in [0.717, 1.165) is 16.2 Å². The van der Waals surface area contributed by atoms with E-state index in [4.69, 9.17) is 4.74 Å². The molecule has 1 aromatic heterocycles. The van der Waals surface area contributed by atoms with Crippen LogP contribution in [0.2, 0.25) is 0 Å². The molecular weight excluding hydrogens is 376 g/mol. The lowest BCUT2D eigenvalue weighted by Gasteiger charge is -2.09. The van der Waals surface area contributed by atoms with E-state index >= 15 is 0 Å². The van der Waals surface area contributed by atoms with Gasteiger partial charge in [0.2, 0.25) is 0 Å². The predicted molar refractivity (Wildman–Crippen MR) is 114 cm³/mol. The zero-order chi connectivity index (χ0) is 19.6. The molecule has 27 heavy (non-hydrogen) atoms. The SMILES string of the molecule is COc1cc(SC)ccc1C(=O)Nc1nc(-c2cc(C)c(C)cc2C)cs1. The topological polar surface area (TPSA) is 51.2 Å². The predicted octanol–water partition coefficient (Wildman–Crippen LogP) is 5.72. The number of hydrogen-bond acceptors (Lipinski definition) is 5. The van der Waals surface area contributed by atoms with Crippen LogP contribution in [-0.4, -0.2) is 24.3 Å². The van der Waals surface area contributed by atoms with Gasteiger partial charge in [0.05, 0.1) is 18.4 Å². The third kappa shape index (κ3) is 4.17. The second-order valence-electron chi connectivity index (χ2n) is 6.31. The molecule has 0 aliphatic heterocycles. The summed E-state index contributed by atoms with van der Waals surface area (Å²) >= 11 is 3.02. The molecule has 0 bridgehead atoms. The number of benzene rings is 2. The number of aromatic nitrogens is 1. The molecular formula is C21H22N2O2S2. The van der Waals surface area contributed by atoms with E-state index in [1.807, 2.05) is 23.8 Å². The lowest BCUT2D eigenvalue weighted by atomic mass is 9.99. The molecule has 6 heteroatoms. The lowest BCUT2D eigenvalue weighted by Crippen LogP contribution is -2.13. The number of thioether (sulfide) groups is 1. The first-order valence-electron chi connectivity index (χ1n) is 8.50. The quantitative estimate of drug-likeness (QED) is 0.559. The Balaban J connectivity index is 1.84. The van der Waals surface area contributed by atoms with Crippen LogP contribution in [0, 0.1) is 20.8 Å². The monoisotopic (exact) mass is 398 g/mol. The second kappa shape index (κ2) is 8.15. The molecule has 3 aromatic rings. The number of rotatable bonds is 5. The Morgan fingerprint density at radius 3 is 2.56 bits per heavy atom. The average molecular weight is 399 g/mol. The van der Waals surface area contributed by atoms with Gasteiger partial charge in [-0.3, -0.25) is 10.1 Å². The second-order valence-corrected chi connectivity index (χ2v) is 8.05. The van der Waals surface area contributed by atoms with Crippen molar-refractivity contribution in [2.24, 2.45) is 0 Å². The number of thiazole rings is 1. The highest BCUT2D eigenvalue weighted by Gasteiger charge is 2.16. The van der Waals surface area contributed by atoms with Gasteiger partial charge in [-0.15, -0.1) is 23.1 Å². The van der Waals surface area contributed by atoms with Crippen molar-refractivity contribution in [2.75, 3.05) is 18.7 Å². The van der Waals surface area contributed by atoms with Gasteiger partial charge in [-0.1, -0.05) is 6.07 Å². The van der Waals surface area contributed by atoms with Crippen LogP contribution in [0.15, 0.2) is 40.6 Å². The van der Waals surface area contributed by atoms with Crippen LogP contribution in [0.1, 0.15) is 27.0 Å². The van der Waals surface area contributed by atoms with E-state index in [1.54, 1.807) is 24.9 Å². The van der Waals surface area contributed by atoms with Crippen molar-refractivity contribution >= 4 is 34.1 Å². The normalized spacial score (nSPS) is 10.7. The third-order valence-corrected chi connectivity index (χ3v) is 5.98. The van der Waals surface area contributed by atoms with Crippen molar-refractivity contribution in [1.29, 1.82) is 0 Å². The highest BCUT2D eigenvalue weighted by atomic mass is 32.2. The Morgan fingerprint density at radius 1 is 1.11 bits per heavy atom. The van der Waals surface area contributed by atoms with E-state index in [9.17, 15) is 4.79 Å². The number of methoxy groups -OCH3 is 1. The first-order chi connectivity index (χ1) is 12.9. The fraction of sp³-hybridized carbons (Fsp3) is 0.238. The summed E-state index contributed by atoms with van der Waals surface area (Å²) in [6.07, 6.45) is 1.99. The molecule has 0 unspecified atom stereocenters. The fourth-order valence-electron chi connectivity index (χ4n) is 2.84. The highest BCUT2D eigenvalue weighted by Crippen LogP contribution is 2.31. The number of nitrogens with zero attached hydrogens (tertiary/aromatic N) is 1. The molecule has 0 radical (unpaired) electrons. The highest BCUT2D eigenvalue weighted by molar-refractivity contribution is 7.98. The Hall–Kier alpha value is -2.31. The van der Waals surface area contributed by atoms with Crippen molar-refractivity contribution in [1.82, 2.24) is 4.98 Å². The van der Waals surface area contributed by atoms with E-state index in [1.165, 1.54) is 28.0 Å². The molecule has 4 nitrogen and oxygen atoms in total. The average Bonchev–Trinajstić information content (AvgIpc) is 3.12. The summed E-state index contributed by atoms with van der Waals surface area (Å²) in [6.45, 7) is 6.28. The number of carbonyl (C=O) groups excluding carboxylic acids is 1. The summed E-state index contributed by atoms with van der Waals surface area (Å²) in [5, 5.41) is 5.43.